The lowest BCUT2D eigenvalue weighted by molar-refractivity contribution is -0.384. The van der Waals surface area contributed by atoms with E-state index >= 15 is 0 Å². The third kappa shape index (κ3) is 4.24. The van der Waals surface area contributed by atoms with Crippen molar-refractivity contribution in [1.82, 2.24) is 0 Å². The molecule has 0 saturated carbocycles. The zero-order valence-corrected chi connectivity index (χ0v) is 11.4. The van der Waals surface area contributed by atoms with Gasteiger partial charge in [-0.25, -0.2) is 0 Å². The number of anilines is 1. The molecule has 0 aliphatic heterocycles. The zero-order chi connectivity index (χ0) is 14.4. The molecule has 0 saturated heterocycles. The molecule has 0 heterocycles. The van der Waals surface area contributed by atoms with Crippen LogP contribution in [0.4, 0.5) is 11.4 Å². The van der Waals surface area contributed by atoms with Crippen LogP contribution in [0.15, 0.2) is 18.2 Å². The molecule has 0 aromatic heterocycles. The average molecular weight is 266 g/mol. The van der Waals surface area contributed by atoms with Crippen LogP contribution in [0.1, 0.15) is 18.9 Å². The summed E-state index contributed by atoms with van der Waals surface area (Å²) in [6.45, 7) is 4.33. The van der Waals surface area contributed by atoms with Crippen LogP contribution in [-0.4, -0.2) is 31.1 Å². The second-order valence-electron chi connectivity index (χ2n) is 4.23. The molecule has 6 heteroatoms. The molecule has 1 aromatic rings. The molecule has 19 heavy (non-hydrogen) atoms. The number of esters is 1. The van der Waals surface area contributed by atoms with Gasteiger partial charge in [0.2, 0.25) is 0 Å². The fourth-order valence-electron chi connectivity index (χ4n) is 1.71. The average Bonchev–Trinajstić information content (AvgIpc) is 2.35. The van der Waals surface area contributed by atoms with Crippen LogP contribution in [0.5, 0.6) is 0 Å². The minimum absolute atomic E-state index is 0.0389. The first-order valence-electron chi connectivity index (χ1n) is 6.07. The van der Waals surface area contributed by atoms with E-state index in [2.05, 4.69) is 0 Å². The fourth-order valence-corrected chi connectivity index (χ4v) is 1.71. The van der Waals surface area contributed by atoms with E-state index < -0.39 is 4.92 Å². The maximum absolute atomic E-state index is 11.3. The Morgan fingerprint density at radius 1 is 1.47 bits per heavy atom. The summed E-state index contributed by atoms with van der Waals surface area (Å²) in [5.41, 5.74) is 1.48. The molecular formula is C13H18N2O4. The molecule has 0 bridgehead atoms. The molecular weight excluding hydrogens is 248 g/mol. The summed E-state index contributed by atoms with van der Waals surface area (Å²) < 4.78 is 4.83. The van der Waals surface area contributed by atoms with E-state index in [4.69, 9.17) is 4.74 Å². The Morgan fingerprint density at radius 2 is 2.16 bits per heavy atom. The summed E-state index contributed by atoms with van der Waals surface area (Å²) in [7, 11) is 1.72. The van der Waals surface area contributed by atoms with Gasteiger partial charge in [-0.05, 0) is 25.5 Å². The fraction of sp³-hybridized carbons (Fsp3) is 0.462. The Hall–Kier alpha value is -2.11. The highest BCUT2D eigenvalue weighted by Crippen LogP contribution is 2.28. The van der Waals surface area contributed by atoms with Crippen molar-refractivity contribution in [2.75, 3.05) is 25.1 Å². The van der Waals surface area contributed by atoms with Crippen molar-refractivity contribution in [3.8, 4) is 0 Å². The second-order valence-corrected chi connectivity index (χ2v) is 4.23. The lowest BCUT2D eigenvalue weighted by Gasteiger charge is -2.19. The highest BCUT2D eigenvalue weighted by Gasteiger charge is 2.17. The largest absolute Gasteiger partial charge is 0.466 e. The molecule has 0 aliphatic rings. The van der Waals surface area contributed by atoms with Gasteiger partial charge in [0.05, 0.1) is 18.0 Å². The molecule has 104 valence electrons. The molecule has 6 nitrogen and oxygen atoms in total. The van der Waals surface area contributed by atoms with Gasteiger partial charge in [0.25, 0.3) is 5.69 Å². The van der Waals surface area contributed by atoms with Crippen LogP contribution in [0, 0.1) is 17.0 Å². The van der Waals surface area contributed by atoms with Crippen molar-refractivity contribution in [3.63, 3.8) is 0 Å². The van der Waals surface area contributed by atoms with Crippen LogP contribution >= 0.6 is 0 Å². The Balaban J connectivity index is 2.80. The molecule has 0 amide bonds. The summed E-state index contributed by atoms with van der Waals surface area (Å²) in [5.74, 6) is -0.301. The van der Waals surface area contributed by atoms with Crippen LogP contribution in [-0.2, 0) is 9.53 Å². The number of aryl methyl sites for hydroxylation is 1. The van der Waals surface area contributed by atoms with Gasteiger partial charge in [-0.3, -0.25) is 14.9 Å². The minimum atomic E-state index is -0.421. The van der Waals surface area contributed by atoms with E-state index in [1.807, 2.05) is 6.92 Å². The van der Waals surface area contributed by atoms with E-state index in [0.29, 0.717) is 18.8 Å². The molecule has 0 N–H and O–H groups in total. The van der Waals surface area contributed by atoms with Gasteiger partial charge in [-0.1, -0.05) is 6.07 Å². The smallest absolute Gasteiger partial charge is 0.307 e. The highest BCUT2D eigenvalue weighted by atomic mass is 16.6. The quantitative estimate of drug-likeness (QED) is 0.448. The predicted octanol–water partition coefficient (Wildman–Crippen LogP) is 2.29. The lowest BCUT2D eigenvalue weighted by atomic mass is 10.1. The van der Waals surface area contributed by atoms with Crippen LogP contribution < -0.4 is 4.90 Å². The van der Waals surface area contributed by atoms with Crippen molar-refractivity contribution in [2.45, 2.75) is 20.3 Å². The molecule has 0 fully saturated rings. The number of nitro groups is 1. The summed E-state index contributed by atoms with van der Waals surface area (Å²) in [4.78, 5) is 23.5. The second kappa shape index (κ2) is 6.72. The number of benzene rings is 1. The van der Waals surface area contributed by atoms with Gasteiger partial charge in [-0.2, -0.15) is 0 Å². The number of carbonyl (C=O) groups excluding carboxylic acids is 1. The third-order valence-electron chi connectivity index (χ3n) is 2.70. The number of carbonyl (C=O) groups is 1. The van der Waals surface area contributed by atoms with E-state index in [0.717, 1.165) is 5.56 Å². The van der Waals surface area contributed by atoms with Crippen molar-refractivity contribution in [1.29, 1.82) is 0 Å². The predicted molar refractivity (Wildman–Crippen MR) is 72.4 cm³/mol. The minimum Gasteiger partial charge on any atom is -0.466 e. The van der Waals surface area contributed by atoms with Gasteiger partial charge in [0.1, 0.15) is 5.69 Å². The molecule has 0 radical (unpaired) electrons. The first kappa shape index (κ1) is 14.9. The number of hydrogen-bond donors (Lipinski definition) is 0. The van der Waals surface area contributed by atoms with Crippen LogP contribution in [0.2, 0.25) is 0 Å². The summed E-state index contributed by atoms with van der Waals surface area (Å²) in [6, 6.07) is 4.91. The van der Waals surface area contributed by atoms with Gasteiger partial charge >= 0.3 is 5.97 Å². The summed E-state index contributed by atoms with van der Waals surface area (Å²) >= 11 is 0. The van der Waals surface area contributed by atoms with Gasteiger partial charge in [-0.15, -0.1) is 0 Å². The molecule has 0 spiro atoms. The molecule has 0 aliphatic carbocycles. The van der Waals surface area contributed by atoms with Crippen molar-refractivity contribution >= 4 is 17.3 Å². The topological polar surface area (TPSA) is 72.7 Å². The monoisotopic (exact) mass is 266 g/mol. The molecule has 0 unspecified atom stereocenters. The van der Waals surface area contributed by atoms with Crippen LogP contribution in [0.25, 0.3) is 0 Å². The highest BCUT2D eigenvalue weighted by molar-refractivity contribution is 5.71. The summed E-state index contributed by atoms with van der Waals surface area (Å²) in [5, 5.41) is 11.0. The normalized spacial score (nSPS) is 10.1. The number of ether oxygens (including phenoxy) is 1. The lowest BCUT2D eigenvalue weighted by Crippen LogP contribution is -2.23. The molecule has 1 rings (SSSR count). The van der Waals surface area contributed by atoms with Crippen LogP contribution in [0.3, 0.4) is 0 Å². The number of nitro benzene ring substituents is 1. The third-order valence-corrected chi connectivity index (χ3v) is 2.70. The van der Waals surface area contributed by atoms with Crippen molar-refractivity contribution < 1.29 is 14.5 Å². The maximum atomic E-state index is 11.3. The Labute approximate surface area is 112 Å². The standard InChI is InChI=1S/C13H18N2O4/c1-4-19-13(16)7-8-14(3)12-9-10(2)5-6-11(12)15(17)18/h5-6,9H,4,7-8H2,1-3H3. The van der Waals surface area contributed by atoms with E-state index in [9.17, 15) is 14.9 Å². The zero-order valence-electron chi connectivity index (χ0n) is 11.4. The number of rotatable bonds is 6. The SMILES string of the molecule is CCOC(=O)CCN(C)c1cc(C)ccc1[N+](=O)[O-]. The van der Waals surface area contributed by atoms with Gasteiger partial charge in [0, 0.05) is 19.7 Å². The van der Waals surface area contributed by atoms with Gasteiger partial charge < -0.3 is 9.64 Å². The van der Waals surface area contributed by atoms with E-state index in [1.54, 1.807) is 31.0 Å². The number of nitrogens with zero attached hydrogens (tertiary/aromatic N) is 2. The Kier molecular flexibility index (Phi) is 5.29. The van der Waals surface area contributed by atoms with E-state index in [-0.39, 0.29) is 18.1 Å². The molecule has 1 aromatic carbocycles. The first-order chi connectivity index (χ1) is 8.95. The Bertz CT molecular complexity index is 474. The summed E-state index contributed by atoms with van der Waals surface area (Å²) in [6.07, 6.45) is 0.204. The molecule has 0 atom stereocenters. The first-order valence-corrected chi connectivity index (χ1v) is 6.07. The Morgan fingerprint density at radius 3 is 2.74 bits per heavy atom. The van der Waals surface area contributed by atoms with Crippen molar-refractivity contribution in [3.05, 3.63) is 33.9 Å². The number of hydrogen-bond acceptors (Lipinski definition) is 5. The maximum Gasteiger partial charge on any atom is 0.307 e. The van der Waals surface area contributed by atoms with E-state index in [1.165, 1.54) is 6.07 Å². The van der Waals surface area contributed by atoms with Gasteiger partial charge in [0.15, 0.2) is 0 Å². The van der Waals surface area contributed by atoms with Crippen molar-refractivity contribution in [2.24, 2.45) is 0 Å².